The number of carbonyl (C=O) groups excluding carboxylic acids is 2. The lowest BCUT2D eigenvalue weighted by atomic mass is 10.2. The highest BCUT2D eigenvalue weighted by Crippen LogP contribution is 2.22. The summed E-state index contributed by atoms with van der Waals surface area (Å²) in [5.74, 6) is 1.20. The van der Waals surface area contributed by atoms with Crippen LogP contribution in [0, 0.1) is 0 Å². The lowest BCUT2D eigenvalue weighted by molar-refractivity contribution is -0.126. The molecule has 0 aliphatic carbocycles. The molecular weight excluding hydrogens is 292 g/mol. The Hall–Kier alpha value is -2.56. The molecule has 2 rings (SSSR count). The van der Waals surface area contributed by atoms with E-state index in [2.05, 4.69) is 10.6 Å². The van der Waals surface area contributed by atoms with Gasteiger partial charge in [-0.3, -0.25) is 9.59 Å². The van der Waals surface area contributed by atoms with E-state index in [0.717, 1.165) is 17.1 Å². The van der Waals surface area contributed by atoms with E-state index in [-0.39, 0.29) is 30.8 Å². The number of hydrogen-bond acceptors (Lipinski definition) is 3. The van der Waals surface area contributed by atoms with Crippen molar-refractivity contribution in [2.75, 3.05) is 6.54 Å². The van der Waals surface area contributed by atoms with Crippen LogP contribution in [0.4, 0.5) is 0 Å². The summed E-state index contributed by atoms with van der Waals surface area (Å²) < 4.78 is 5.74. The minimum Gasteiger partial charge on any atom is -0.461 e. The number of amides is 2. The third-order valence-electron chi connectivity index (χ3n) is 3.21. The Kier molecular flexibility index (Phi) is 5.97. The Balaban J connectivity index is 1.77. The first-order valence-corrected chi connectivity index (χ1v) is 7.75. The number of hydrogen-bond donors (Lipinski definition) is 2. The molecule has 1 aromatic heterocycles. The Labute approximate surface area is 136 Å². The fraction of sp³-hybridized carbons (Fsp3) is 0.333. The van der Waals surface area contributed by atoms with E-state index in [9.17, 15) is 9.59 Å². The fourth-order valence-electron chi connectivity index (χ4n) is 2.15. The van der Waals surface area contributed by atoms with Crippen LogP contribution in [-0.2, 0) is 16.0 Å². The van der Waals surface area contributed by atoms with Crippen molar-refractivity contribution in [2.45, 2.75) is 32.7 Å². The zero-order chi connectivity index (χ0) is 16.7. The molecule has 1 heterocycles. The molecule has 5 heteroatoms. The molecule has 2 N–H and O–H groups in total. The van der Waals surface area contributed by atoms with Crippen LogP contribution in [-0.4, -0.2) is 24.4 Å². The average Bonchev–Trinajstić information content (AvgIpc) is 3.00. The lowest BCUT2D eigenvalue weighted by Gasteiger charge is -2.08. The van der Waals surface area contributed by atoms with Crippen LogP contribution in [0.3, 0.4) is 0 Å². The van der Waals surface area contributed by atoms with E-state index in [0.29, 0.717) is 6.42 Å². The normalized spacial score (nSPS) is 10.6. The molecule has 2 amide bonds. The molecular formula is C18H22N2O3. The maximum atomic E-state index is 11.8. The fourth-order valence-corrected chi connectivity index (χ4v) is 2.15. The third kappa shape index (κ3) is 5.62. The molecule has 23 heavy (non-hydrogen) atoms. The zero-order valence-corrected chi connectivity index (χ0v) is 13.5. The van der Waals surface area contributed by atoms with Crippen molar-refractivity contribution in [3.8, 4) is 11.3 Å². The van der Waals surface area contributed by atoms with Gasteiger partial charge >= 0.3 is 0 Å². The SMILES string of the molecule is CC(C)NC(=O)CNC(=O)CCc1ccc(-c2ccccc2)o1. The van der Waals surface area contributed by atoms with Gasteiger partial charge < -0.3 is 15.1 Å². The van der Waals surface area contributed by atoms with E-state index >= 15 is 0 Å². The van der Waals surface area contributed by atoms with Crippen molar-refractivity contribution in [3.05, 3.63) is 48.2 Å². The van der Waals surface area contributed by atoms with Crippen LogP contribution in [0.25, 0.3) is 11.3 Å². The molecule has 0 atom stereocenters. The summed E-state index contributed by atoms with van der Waals surface area (Å²) in [6.45, 7) is 3.76. The van der Waals surface area contributed by atoms with Crippen molar-refractivity contribution >= 4 is 11.8 Å². The predicted molar refractivity (Wildman–Crippen MR) is 88.8 cm³/mol. The van der Waals surface area contributed by atoms with E-state index in [1.54, 1.807) is 0 Å². The minimum atomic E-state index is -0.183. The highest BCUT2D eigenvalue weighted by atomic mass is 16.3. The van der Waals surface area contributed by atoms with Gasteiger partial charge in [-0.2, -0.15) is 0 Å². The smallest absolute Gasteiger partial charge is 0.239 e. The number of aryl methyl sites for hydroxylation is 1. The van der Waals surface area contributed by atoms with E-state index in [1.165, 1.54) is 0 Å². The van der Waals surface area contributed by atoms with E-state index in [1.807, 2.05) is 56.3 Å². The first-order chi connectivity index (χ1) is 11.0. The highest BCUT2D eigenvalue weighted by Gasteiger charge is 2.09. The van der Waals surface area contributed by atoms with Crippen LogP contribution in [0.2, 0.25) is 0 Å². The average molecular weight is 314 g/mol. The molecule has 122 valence electrons. The number of rotatable bonds is 7. The van der Waals surface area contributed by atoms with Crippen molar-refractivity contribution < 1.29 is 14.0 Å². The van der Waals surface area contributed by atoms with Gasteiger partial charge in [0.25, 0.3) is 0 Å². The van der Waals surface area contributed by atoms with Gasteiger partial charge in [-0.05, 0) is 26.0 Å². The second-order valence-electron chi connectivity index (χ2n) is 5.63. The quantitative estimate of drug-likeness (QED) is 0.825. The molecule has 5 nitrogen and oxygen atoms in total. The van der Waals surface area contributed by atoms with Gasteiger partial charge in [0.1, 0.15) is 11.5 Å². The standard InChI is InChI=1S/C18H22N2O3/c1-13(2)20-18(22)12-19-17(21)11-9-15-8-10-16(23-15)14-6-4-3-5-7-14/h3-8,10,13H,9,11-12H2,1-2H3,(H,19,21)(H,20,22). The third-order valence-corrected chi connectivity index (χ3v) is 3.21. The van der Waals surface area contributed by atoms with Crippen LogP contribution in [0.1, 0.15) is 26.0 Å². The van der Waals surface area contributed by atoms with Crippen molar-refractivity contribution in [3.63, 3.8) is 0 Å². The number of benzene rings is 1. The molecule has 1 aromatic carbocycles. The Bertz CT molecular complexity index is 647. The molecule has 0 radical (unpaired) electrons. The topological polar surface area (TPSA) is 71.3 Å². The van der Waals surface area contributed by atoms with Crippen LogP contribution in [0.15, 0.2) is 46.9 Å². The highest BCUT2D eigenvalue weighted by molar-refractivity contribution is 5.84. The second kappa shape index (κ2) is 8.17. The largest absolute Gasteiger partial charge is 0.461 e. The molecule has 0 bridgehead atoms. The van der Waals surface area contributed by atoms with Gasteiger partial charge in [-0.25, -0.2) is 0 Å². The summed E-state index contributed by atoms with van der Waals surface area (Å²) in [6.07, 6.45) is 0.793. The first-order valence-electron chi connectivity index (χ1n) is 7.75. The molecule has 2 aromatic rings. The first kappa shape index (κ1) is 16.8. The maximum Gasteiger partial charge on any atom is 0.239 e. The molecule has 0 spiro atoms. The van der Waals surface area contributed by atoms with Gasteiger partial charge in [-0.1, -0.05) is 30.3 Å². The monoisotopic (exact) mass is 314 g/mol. The lowest BCUT2D eigenvalue weighted by Crippen LogP contribution is -2.39. The van der Waals surface area contributed by atoms with Gasteiger partial charge in [-0.15, -0.1) is 0 Å². The van der Waals surface area contributed by atoms with Gasteiger partial charge in [0, 0.05) is 24.4 Å². The minimum absolute atomic E-state index is 0.00440. The summed E-state index contributed by atoms with van der Waals surface area (Å²) >= 11 is 0. The number of carbonyl (C=O) groups is 2. The van der Waals surface area contributed by atoms with Crippen molar-refractivity contribution in [2.24, 2.45) is 0 Å². The van der Waals surface area contributed by atoms with E-state index < -0.39 is 0 Å². The second-order valence-corrected chi connectivity index (χ2v) is 5.63. The summed E-state index contributed by atoms with van der Waals surface area (Å²) in [5.41, 5.74) is 1.01. The van der Waals surface area contributed by atoms with Crippen LogP contribution >= 0.6 is 0 Å². The summed E-state index contributed by atoms with van der Waals surface area (Å²) in [7, 11) is 0. The van der Waals surface area contributed by atoms with Crippen LogP contribution < -0.4 is 10.6 Å². The number of furan rings is 1. The Morgan fingerprint density at radius 3 is 2.48 bits per heavy atom. The maximum absolute atomic E-state index is 11.8. The molecule has 0 saturated heterocycles. The zero-order valence-electron chi connectivity index (χ0n) is 13.5. The summed E-state index contributed by atoms with van der Waals surface area (Å²) in [6, 6.07) is 13.7. The van der Waals surface area contributed by atoms with Gasteiger partial charge in [0.2, 0.25) is 11.8 Å². The van der Waals surface area contributed by atoms with Crippen molar-refractivity contribution in [1.29, 1.82) is 0 Å². The molecule has 0 unspecified atom stereocenters. The molecule has 0 fully saturated rings. The van der Waals surface area contributed by atoms with Gasteiger partial charge in [0.15, 0.2) is 0 Å². The van der Waals surface area contributed by atoms with E-state index in [4.69, 9.17) is 4.42 Å². The van der Waals surface area contributed by atoms with Crippen molar-refractivity contribution in [1.82, 2.24) is 10.6 Å². The molecule has 0 aliphatic rings. The van der Waals surface area contributed by atoms with Crippen LogP contribution in [0.5, 0.6) is 0 Å². The Morgan fingerprint density at radius 2 is 1.78 bits per heavy atom. The summed E-state index contributed by atoms with van der Waals surface area (Å²) in [5, 5.41) is 5.33. The Morgan fingerprint density at radius 1 is 1.04 bits per heavy atom. The molecule has 0 saturated carbocycles. The molecule has 0 aliphatic heterocycles. The predicted octanol–water partition coefficient (Wildman–Crippen LogP) is 2.52. The number of nitrogens with one attached hydrogen (secondary N) is 2. The summed E-state index contributed by atoms with van der Waals surface area (Å²) in [4.78, 5) is 23.2. The van der Waals surface area contributed by atoms with Gasteiger partial charge in [0.05, 0.1) is 6.54 Å².